The fourth-order valence-corrected chi connectivity index (χ4v) is 4.13. The summed E-state index contributed by atoms with van der Waals surface area (Å²) in [5, 5.41) is 3.07. The summed E-state index contributed by atoms with van der Waals surface area (Å²) >= 11 is 1.67. The van der Waals surface area contributed by atoms with Gasteiger partial charge in [0.15, 0.2) is 22.6 Å². The Balaban J connectivity index is 0.00000289. The highest BCUT2D eigenvalue weighted by Gasteiger charge is 2.19. The Bertz CT molecular complexity index is 993. The van der Waals surface area contributed by atoms with Gasteiger partial charge in [-0.25, -0.2) is 9.98 Å². The number of aliphatic imine (C=N–C) groups is 1. The number of ether oxygens (including phenoxy) is 2. The first-order valence-corrected chi connectivity index (χ1v) is 11.1. The molecule has 2 aromatic carbocycles. The lowest BCUT2D eigenvalue weighted by atomic mass is 10.2. The van der Waals surface area contributed by atoms with Crippen molar-refractivity contribution in [1.29, 1.82) is 0 Å². The van der Waals surface area contributed by atoms with Gasteiger partial charge >= 0.3 is 0 Å². The summed E-state index contributed by atoms with van der Waals surface area (Å²) in [5.41, 5.74) is 8.39. The summed E-state index contributed by atoms with van der Waals surface area (Å²) in [7, 11) is 1.65. The van der Waals surface area contributed by atoms with Crippen molar-refractivity contribution in [2.24, 2.45) is 10.7 Å². The van der Waals surface area contributed by atoms with Gasteiger partial charge in [-0.1, -0.05) is 36.4 Å². The fourth-order valence-electron chi connectivity index (χ4n) is 3.44. The van der Waals surface area contributed by atoms with Crippen molar-refractivity contribution in [2.45, 2.75) is 13.2 Å². The zero-order valence-electron chi connectivity index (χ0n) is 18.0. The highest BCUT2D eigenvalue weighted by molar-refractivity contribution is 14.0. The molecule has 2 heterocycles. The summed E-state index contributed by atoms with van der Waals surface area (Å²) in [5.74, 6) is 1.98. The molecule has 0 saturated carbocycles. The van der Waals surface area contributed by atoms with E-state index in [1.807, 2.05) is 60.1 Å². The van der Waals surface area contributed by atoms with E-state index in [0.29, 0.717) is 30.6 Å². The number of anilines is 1. The van der Waals surface area contributed by atoms with Gasteiger partial charge in [0.05, 0.1) is 13.7 Å². The molecular weight excluding hydrogens is 537 g/mol. The van der Waals surface area contributed by atoms with Crippen molar-refractivity contribution in [1.82, 2.24) is 9.88 Å². The normalized spacial score (nSPS) is 14.1. The van der Waals surface area contributed by atoms with Gasteiger partial charge in [-0.2, -0.15) is 0 Å². The van der Waals surface area contributed by atoms with E-state index in [4.69, 9.17) is 15.2 Å². The van der Waals surface area contributed by atoms with E-state index in [1.54, 1.807) is 18.4 Å². The highest BCUT2D eigenvalue weighted by Crippen LogP contribution is 2.29. The molecule has 2 N–H and O–H groups in total. The van der Waals surface area contributed by atoms with Gasteiger partial charge in [0.2, 0.25) is 0 Å². The van der Waals surface area contributed by atoms with E-state index >= 15 is 0 Å². The molecule has 0 spiro atoms. The molecule has 0 unspecified atom stereocenters. The summed E-state index contributed by atoms with van der Waals surface area (Å²) in [4.78, 5) is 13.4. The maximum Gasteiger partial charge on any atom is 0.191 e. The van der Waals surface area contributed by atoms with E-state index in [2.05, 4.69) is 19.8 Å². The van der Waals surface area contributed by atoms with Crippen LogP contribution in [-0.4, -0.2) is 49.1 Å². The van der Waals surface area contributed by atoms with Crippen LogP contribution in [0.3, 0.4) is 0 Å². The van der Waals surface area contributed by atoms with Crippen LogP contribution in [0, 0.1) is 0 Å². The highest BCUT2D eigenvalue weighted by atomic mass is 127. The van der Waals surface area contributed by atoms with Crippen LogP contribution in [0.25, 0.3) is 0 Å². The molecule has 0 amide bonds. The first-order chi connectivity index (χ1) is 15.2. The van der Waals surface area contributed by atoms with Crippen molar-refractivity contribution < 1.29 is 9.47 Å². The Hall–Kier alpha value is -2.53. The summed E-state index contributed by atoms with van der Waals surface area (Å²) < 4.78 is 11.4. The van der Waals surface area contributed by atoms with Crippen LogP contribution < -0.4 is 20.1 Å². The van der Waals surface area contributed by atoms with Gasteiger partial charge in [-0.05, 0) is 23.3 Å². The van der Waals surface area contributed by atoms with E-state index in [1.165, 1.54) is 0 Å². The minimum atomic E-state index is 0. The van der Waals surface area contributed by atoms with Crippen LogP contribution in [0.4, 0.5) is 5.13 Å². The van der Waals surface area contributed by atoms with Crippen molar-refractivity contribution in [3.8, 4) is 11.5 Å². The third-order valence-corrected chi connectivity index (χ3v) is 6.01. The lowest BCUT2D eigenvalue weighted by Crippen LogP contribution is -2.51. The van der Waals surface area contributed by atoms with Crippen molar-refractivity contribution in [3.63, 3.8) is 0 Å². The number of hydrogen-bond acceptors (Lipinski definition) is 6. The Kier molecular flexibility index (Phi) is 8.98. The van der Waals surface area contributed by atoms with E-state index < -0.39 is 0 Å². The zero-order valence-corrected chi connectivity index (χ0v) is 21.2. The summed E-state index contributed by atoms with van der Waals surface area (Å²) in [6, 6.07) is 15.9. The smallest absolute Gasteiger partial charge is 0.191 e. The van der Waals surface area contributed by atoms with Crippen molar-refractivity contribution in [2.75, 3.05) is 38.2 Å². The topological polar surface area (TPSA) is 76.2 Å². The molecule has 32 heavy (non-hydrogen) atoms. The van der Waals surface area contributed by atoms with Gasteiger partial charge in [0.1, 0.15) is 6.61 Å². The molecule has 3 aromatic rings. The number of nitrogens with zero attached hydrogens (tertiary/aromatic N) is 4. The fraction of sp³-hybridized carbons (Fsp3) is 0.304. The number of aromatic nitrogens is 1. The number of thiazole rings is 1. The number of methoxy groups -OCH3 is 1. The Morgan fingerprint density at radius 2 is 1.84 bits per heavy atom. The lowest BCUT2D eigenvalue weighted by Gasteiger charge is -2.35. The minimum absolute atomic E-state index is 0. The lowest BCUT2D eigenvalue weighted by molar-refractivity contribution is 0.284. The third kappa shape index (κ3) is 6.26. The minimum Gasteiger partial charge on any atom is -0.493 e. The van der Waals surface area contributed by atoms with Gasteiger partial charge in [-0.3, -0.25) is 0 Å². The second-order valence-corrected chi connectivity index (χ2v) is 8.10. The van der Waals surface area contributed by atoms with E-state index in [9.17, 15) is 0 Å². The summed E-state index contributed by atoms with van der Waals surface area (Å²) in [6.07, 6.45) is 1.84. The first-order valence-electron chi connectivity index (χ1n) is 10.3. The van der Waals surface area contributed by atoms with Gasteiger partial charge in [-0.15, -0.1) is 35.3 Å². The second kappa shape index (κ2) is 11.9. The van der Waals surface area contributed by atoms with Gasteiger partial charge < -0.3 is 25.0 Å². The number of hydrogen-bond donors (Lipinski definition) is 1. The molecule has 1 aliphatic rings. The molecule has 0 atom stereocenters. The number of benzene rings is 2. The zero-order chi connectivity index (χ0) is 21.5. The van der Waals surface area contributed by atoms with Crippen LogP contribution in [-0.2, 0) is 13.2 Å². The van der Waals surface area contributed by atoms with Crippen molar-refractivity contribution in [3.05, 3.63) is 71.2 Å². The molecule has 1 aromatic heterocycles. The quantitative estimate of drug-likeness (QED) is 0.266. The van der Waals surface area contributed by atoms with Gasteiger partial charge in [0, 0.05) is 37.8 Å². The van der Waals surface area contributed by atoms with Crippen LogP contribution in [0.1, 0.15) is 11.1 Å². The van der Waals surface area contributed by atoms with E-state index in [0.717, 1.165) is 42.4 Å². The summed E-state index contributed by atoms with van der Waals surface area (Å²) in [6.45, 7) is 4.45. The van der Waals surface area contributed by atoms with Crippen LogP contribution in [0.2, 0.25) is 0 Å². The molecular formula is C23H28IN5O2S. The predicted octanol–water partition coefficient (Wildman–Crippen LogP) is 3.99. The van der Waals surface area contributed by atoms with E-state index in [-0.39, 0.29) is 24.0 Å². The molecule has 0 radical (unpaired) electrons. The Morgan fingerprint density at radius 3 is 2.53 bits per heavy atom. The monoisotopic (exact) mass is 565 g/mol. The molecule has 0 bridgehead atoms. The molecule has 7 nitrogen and oxygen atoms in total. The van der Waals surface area contributed by atoms with Crippen LogP contribution in [0.5, 0.6) is 11.5 Å². The average molecular weight is 565 g/mol. The maximum atomic E-state index is 6.26. The molecule has 9 heteroatoms. The Labute approximate surface area is 209 Å². The molecule has 0 aliphatic carbocycles. The van der Waals surface area contributed by atoms with Gasteiger partial charge in [0.25, 0.3) is 0 Å². The molecule has 4 rings (SSSR count). The largest absolute Gasteiger partial charge is 0.493 e. The van der Waals surface area contributed by atoms with Crippen molar-refractivity contribution >= 4 is 46.4 Å². The average Bonchev–Trinajstić information content (AvgIpc) is 3.37. The number of halogens is 1. The molecule has 1 fully saturated rings. The third-order valence-electron chi connectivity index (χ3n) is 5.18. The van der Waals surface area contributed by atoms with Crippen LogP contribution in [0.15, 0.2) is 65.1 Å². The maximum absolute atomic E-state index is 6.26. The Morgan fingerprint density at radius 1 is 1.06 bits per heavy atom. The number of piperazine rings is 1. The standard InChI is InChI=1S/C23H27N5O2S.HI/c1-29-21-15-19(7-8-20(21)30-17-18-5-3-2-4-6-18)16-26-22(24)27-10-12-28(13-11-27)23-25-9-14-31-23;/h2-9,14-15H,10-13,16-17H2,1H3,(H2,24,26);1H. The SMILES string of the molecule is COc1cc(CN=C(N)N2CCN(c3nccs3)CC2)ccc1OCc1ccccc1.I. The predicted molar refractivity (Wildman–Crippen MR) is 140 cm³/mol. The molecule has 170 valence electrons. The second-order valence-electron chi connectivity index (χ2n) is 7.22. The number of nitrogens with two attached hydrogens (primary N) is 1. The number of guanidine groups is 1. The number of rotatable bonds is 7. The molecule has 1 aliphatic heterocycles. The molecule has 1 saturated heterocycles. The van der Waals surface area contributed by atoms with Crippen LogP contribution >= 0.6 is 35.3 Å². The first kappa shape index (κ1) is 24.1.